The number of sulfonamides is 1. The van der Waals surface area contributed by atoms with Crippen molar-refractivity contribution in [1.82, 2.24) is 10.2 Å². The van der Waals surface area contributed by atoms with E-state index in [1.807, 2.05) is 19.1 Å². The van der Waals surface area contributed by atoms with Crippen LogP contribution in [0.15, 0.2) is 83.8 Å². The van der Waals surface area contributed by atoms with E-state index in [4.69, 9.17) is 0 Å². The van der Waals surface area contributed by atoms with Crippen molar-refractivity contribution < 1.29 is 31.2 Å². The molecule has 3 aromatic carbocycles. The molecule has 7 nitrogen and oxygen atoms in total. The van der Waals surface area contributed by atoms with Gasteiger partial charge in [-0.2, -0.15) is 13.2 Å². The van der Waals surface area contributed by atoms with Gasteiger partial charge in [0.05, 0.1) is 16.1 Å². The topological polar surface area (TPSA) is 86.8 Å². The molecule has 0 bridgehead atoms. The Labute approximate surface area is 219 Å². The van der Waals surface area contributed by atoms with Gasteiger partial charge in [-0.1, -0.05) is 54.1 Å². The summed E-state index contributed by atoms with van der Waals surface area (Å²) < 4.78 is 68.2. The van der Waals surface area contributed by atoms with Gasteiger partial charge < -0.3 is 10.2 Å². The number of likely N-dealkylation sites (N-methyl/N-ethyl adjacent to an activating group) is 1. The summed E-state index contributed by atoms with van der Waals surface area (Å²) in [7, 11) is -3.05. The van der Waals surface area contributed by atoms with Crippen LogP contribution in [-0.4, -0.2) is 44.8 Å². The minimum absolute atomic E-state index is 0.0169. The van der Waals surface area contributed by atoms with Gasteiger partial charge in [-0.3, -0.25) is 13.9 Å². The Morgan fingerprint density at radius 2 is 1.61 bits per heavy atom. The summed E-state index contributed by atoms with van der Waals surface area (Å²) in [6.45, 7) is 2.51. The second-order valence-corrected chi connectivity index (χ2v) is 10.5. The third-order valence-electron chi connectivity index (χ3n) is 5.92. The SMILES string of the molecule is CNC(=O)[C@H](C)N(Cc1cccc(C)c1)C(=O)CN(c1cccc(C(F)(F)F)c1)S(=O)(=O)c1ccccc1. The zero-order valence-corrected chi connectivity index (χ0v) is 21.9. The van der Waals surface area contributed by atoms with Crippen LogP contribution in [0.1, 0.15) is 23.6 Å². The number of aryl methyl sites for hydroxylation is 1. The van der Waals surface area contributed by atoms with Crippen LogP contribution in [0.25, 0.3) is 0 Å². The fourth-order valence-electron chi connectivity index (χ4n) is 3.88. The van der Waals surface area contributed by atoms with Crippen LogP contribution in [0, 0.1) is 6.92 Å². The second kappa shape index (κ2) is 11.7. The largest absolute Gasteiger partial charge is 0.416 e. The van der Waals surface area contributed by atoms with Crippen LogP contribution in [0.3, 0.4) is 0 Å². The van der Waals surface area contributed by atoms with Gasteiger partial charge in [0.15, 0.2) is 0 Å². The van der Waals surface area contributed by atoms with Gasteiger partial charge in [0.2, 0.25) is 11.8 Å². The zero-order valence-electron chi connectivity index (χ0n) is 21.1. The van der Waals surface area contributed by atoms with Crippen LogP contribution in [0.4, 0.5) is 18.9 Å². The van der Waals surface area contributed by atoms with Crippen molar-refractivity contribution in [3.8, 4) is 0 Å². The quantitative estimate of drug-likeness (QED) is 0.431. The number of amides is 2. The maximum absolute atomic E-state index is 13.7. The van der Waals surface area contributed by atoms with Crippen molar-refractivity contribution in [2.45, 2.75) is 37.5 Å². The van der Waals surface area contributed by atoms with Gasteiger partial charge in [0, 0.05) is 13.6 Å². The Balaban J connectivity index is 2.08. The smallest absolute Gasteiger partial charge is 0.357 e. The molecule has 0 radical (unpaired) electrons. The van der Waals surface area contributed by atoms with Crippen molar-refractivity contribution in [1.29, 1.82) is 0 Å². The first-order valence-corrected chi connectivity index (χ1v) is 13.1. The van der Waals surface area contributed by atoms with Gasteiger partial charge >= 0.3 is 6.18 Å². The third kappa shape index (κ3) is 6.71. The number of anilines is 1. The molecule has 0 saturated heterocycles. The minimum Gasteiger partial charge on any atom is -0.357 e. The minimum atomic E-state index is -4.73. The number of rotatable bonds is 9. The summed E-state index contributed by atoms with van der Waals surface area (Å²) in [4.78, 5) is 27.1. The number of benzene rings is 3. The number of hydrogen-bond acceptors (Lipinski definition) is 4. The third-order valence-corrected chi connectivity index (χ3v) is 7.71. The fraction of sp³-hybridized carbons (Fsp3) is 0.259. The first kappa shape index (κ1) is 28.7. The summed E-state index contributed by atoms with van der Waals surface area (Å²) in [6.07, 6.45) is -4.73. The molecule has 0 aliphatic rings. The van der Waals surface area contributed by atoms with Gasteiger partial charge in [0.1, 0.15) is 12.6 Å². The van der Waals surface area contributed by atoms with Crippen LogP contribution in [0.2, 0.25) is 0 Å². The number of nitrogens with one attached hydrogen (secondary N) is 1. The van der Waals surface area contributed by atoms with E-state index in [-0.39, 0.29) is 17.1 Å². The molecule has 0 fully saturated rings. The highest BCUT2D eigenvalue weighted by atomic mass is 32.2. The molecule has 3 aromatic rings. The van der Waals surface area contributed by atoms with Crippen LogP contribution >= 0.6 is 0 Å². The maximum Gasteiger partial charge on any atom is 0.416 e. The Hall–Kier alpha value is -3.86. The van der Waals surface area contributed by atoms with Gasteiger partial charge in [-0.05, 0) is 49.7 Å². The van der Waals surface area contributed by atoms with Gasteiger partial charge in [-0.15, -0.1) is 0 Å². The summed E-state index contributed by atoms with van der Waals surface area (Å²) in [5.74, 6) is -1.25. The molecule has 0 aliphatic heterocycles. The molecular formula is C27H28F3N3O4S. The molecular weight excluding hydrogens is 519 g/mol. The van der Waals surface area contributed by atoms with E-state index in [0.29, 0.717) is 15.9 Å². The first-order valence-electron chi connectivity index (χ1n) is 11.7. The van der Waals surface area contributed by atoms with E-state index in [9.17, 15) is 31.2 Å². The van der Waals surface area contributed by atoms with Crippen LogP contribution in [0.5, 0.6) is 0 Å². The predicted octanol–water partition coefficient (Wildman–Crippen LogP) is 4.37. The van der Waals surface area contributed by atoms with E-state index < -0.39 is 46.2 Å². The second-order valence-electron chi connectivity index (χ2n) is 8.67. The van der Waals surface area contributed by atoms with E-state index in [1.54, 1.807) is 18.2 Å². The molecule has 0 unspecified atom stereocenters. The summed E-state index contributed by atoms with van der Waals surface area (Å²) in [6, 6.07) is 17.1. The predicted molar refractivity (Wildman–Crippen MR) is 138 cm³/mol. The van der Waals surface area contributed by atoms with E-state index in [1.165, 1.54) is 49.2 Å². The fourth-order valence-corrected chi connectivity index (χ4v) is 5.31. The molecule has 11 heteroatoms. The van der Waals surface area contributed by atoms with Gasteiger partial charge in [-0.25, -0.2) is 8.42 Å². The molecule has 0 aromatic heterocycles. The number of alkyl halides is 3. The number of halogens is 3. The molecule has 0 spiro atoms. The number of carbonyl (C=O) groups is 2. The van der Waals surface area contributed by atoms with Crippen molar-refractivity contribution >= 4 is 27.5 Å². The van der Waals surface area contributed by atoms with Crippen molar-refractivity contribution in [2.24, 2.45) is 0 Å². The zero-order chi connectivity index (χ0) is 28.1. The average Bonchev–Trinajstić information content (AvgIpc) is 2.89. The van der Waals surface area contributed by atoms with E-state index >= 15 is 0 Å². The molecule has 1 atom stereocenters. The molecule has 0 aliphatic carbocycles. The summed E-state index contributed by atoms with van der Waals surface area (Å²) in [5.41, 5.74) is 0.219. The lowest BCUT2D eigenvalue weighted by atomic mass is 10.1. The molecule has 202 valence electrons. The lowest BCUT2D eigenvalue weighted by Gasteiger charge is -2.32. The standard InChI is InChI=1S/C27H28F3N3O4S/c1-19-9-7-10-21(15-19)17-32(20(2)26(35)31-3)25(34)18-33(38(36,37)24-13-5-4-6-14-24)23-12-8-11-22(16-23)27(28,29)30/h4-16,20H,17-18H2,1-3H3,(H,31,35)/t20-/m0/s1. The highest BCUT2D eigenvalue weighted by molar-refractivity contribution is 7.92. The molecule has 38 heavy (non-hydrogen) atoms. The lowest BCUT2D eigenvalue weighted by molar-refractivity contribution is -0.139. The molecule has 2 amide bonds. The van der Waals surface area contributed by atoms with Crippen molar-refractivity contribution in [3.05, 3.63) is 95.6 Å². The Morgan fingerprint density at radius 3 is 2.21 bits per heavy atom. The van der Waals surface area contributed by atoms with E-state index in [0.717, 1.165) is 17.7 Å². The molecule has 3 rings (SSSR count). The van der Waals surface area contributed by atoms with Gasteiger partial charge in [0.25, 0.3) is 10.0 Å². The molecule has 0 saturated carbocycles. The lowest BCUT2D eigenvalue weighted by Crippen LogP contribution is -2.50. The van der Waals surface area contributed by atoms with Crippen molar-refractivity contribution in [2.75, 3.05) is 17.9 Å². The number of hydrogen-bond donors (Lipinski definition) is 1. The number of carbonyl (C=O) groups excluding carboxylic acids is 2. The number of nitrogens with zero attached hydrogens (tertiary/aromatic N) is 2. The Morgan fingerprint density at radius 1 is 0.947 bits per heavy atom. The highest BCUT2D eigenvalue weighted by Gasteiger charge is 2.35. The molecule has 0 heterocycles. The summed E-state index contributed by atoms with van der Waals surface area (Å²) >= 11 is 0. The Kier molecular flexibility index (Phi) is 8.82. The monoisotopic (exact) mass is 547 g/mol. The van der Waals surface area contributed by atoms with Crippen molar-refractivity contribution in [3.63, 3.8) is 0 Å². The maximum atomic E-state index is 13.7. The van der Waals surface area contributed by atoms with Crippen LogP contribution in [-0.2, 0) is 32.3 Å². The molecule has 1 N–H and O–H groups in total. The first-order chi connectivity index (χ1) is 17.8. The van der Waals surface area contributed by atoms with Crippen LogP contribution < -0.4 is 9.62 Å². The summed E-state index contributed by atoms with van der Waals surface area (Å²) in [5, 5.41) is 2.47. The average molecular weight is 548 g/mol. The Bertz CT molecular complexity index is 1400. The normalized spacial score (nSPS) is 12.5. The highest BCUT2D eigenvalue weighted by Crippen LogP contribution is 2.33. The van der Waals surface area contributed by atoms with E-state index in [2.05, 4.69) is 5.32 Å².